The van der Waals surface area contributed by atoms with Crippen LogP contribution in [-0.4, -0.2) is 68.1 Å². The molecule has 1 aliphatic carbocycles. The number of nitrogens with zero attached hydrogens (tertiary/aromatic N) is 2. The Hall–Kier alpha value is -2.28. The third-order valence-electron chi connectivity index (χ3n) is 6.26. The summed E-state index contributed by atoms with van der Waals surface area (Å²) in [5.74, 6) is 0.887. The van der Waals surface area contributed by atoms with Crippen molar-refractivity contribution in [2.45, 2.75) is 50.2 Å². The maximum Gasteiger partial charge on any atom is 0.237 e. The molecule has 1 aromatic carbocycles. The highest BCUT2D eigenvalue weighted by Crippen LogP contribution is 2.28. The van der Waals surface area contributed by atoms with Gasteiger partial charge in [0.2, 0.25) is 11.8 Å². The zero-order valence-electron chi connectivity index (χ0n) is 16.5. The van der Waals surface area contributed by atoms with Crippen molar-refractivity contribution in [2.24, 2.45) is 0 Å². The highest BCUT2D eigenvalue weighted by atomic mass is 16.5. The molecule has 3 aliphatic rings. The minimum atomic E-state index is -0.404. The van der Waals surface area contributed by atoms with Crippen molar-refractivity contribution < 1.29 is 14.3 Å². The number of hydrogen-bond donors (Lipinski definition) is 2. The molecule has 2 amide bonds. The van der Waals surface area contributed by atoms with Gasteiger partial charge in [-0.05, 0) is 25.0 Å². The molecule has 7 nitrogen and oxygen atoms in total. The van der Waals surface area contributed by atoms with Gasteiger partial charge in [0.15, 0.2) is 0 Å². The molecule has 2 N–H and O–H groups in total. The van der Waals surface area contributed by atoms with E-state index >= 15 is 0 Å². The Morgan fingerprint density at radius 3 is 2.57 bits per heavy atom. The highest BCUT2D eigenvalue weighted by Gasteiger charge is 2.37. The highest BCUT2D eigenvalue weighted by molar-refractivity contribution is 5.89. The van der Waals surface area contributed by atoms with Crippen molar-refractivity contribution in [3.63, 3.8) is 0 Å². The van der Waals surface area contributed by atoms with Gasteiger partial charge in [0.25, 0.3) is 0 Å². The minimum absolute atomic E-state index is 0.0239. The van der Waals surface area contributed by atoms with Crippen molar-refractivity contribution in [2.75, 3.05) is 38.2 Å². The SMILES string of the molecule is COc1ccccc1N1CCN(C(=O)C[C@@H]2N[C@H]3CCCC[C@H]3NC2=O)CC1. The quantitative estimate of drug-likeness (QED) is 0.812. The molecule has 3 atom stereocenters. The summed E-state index contributed by atoms with van der Waals surface area (Å²) in [6.07, 6.45) is 4.71. The molecule has 0 aromatic heterocycles. The zero-order chi connectivity index (χ0) is 19.5. The van der Waals surface area contributed by atoms with Crippen LogP contribution in [0.2, 0.25) is 0 Å². The van der Waals surface area contributed by atoms with Crippen LogP contribution < -0.4 is 20.3 Å². The molecule has 2 aliphatic heterocycles. The zero-order valence-corrected chi connectivity index (χ0v) is 16.5. The molecule has 4 rings (SSSR count). The van der Waals surface area contributed by atoms with E-state index in [0.29, 0.717) is 19.1 Å². The van der Waals surface area contributed by atoms with Crippen molar-refractivity contribution in [3.8, 4) is 5.75 Å². The fourth-order valence-electron chi connectivity index (χ4n) is 4.66. The third-order valence-corrected chi connectivity index (χ3v) is 6.26. The van der Waals surface area contributed by atoms with Gasteiger partial charge in [0.05, 0.1) is 25.3 Å². The summed E-state index contributed by atoms with van der Waals surface area (Å²) in [6, 6.07) is 8.11. The number of carbonyl (C=O) groups is 2. The van der Waals surface area contributed by atoms with E-state index in [0.717, 1.165) is 37.4 Å². The first-order valence-electron chi connectivity index (χ1n) is 10.4. The van der Waals surface area contributed by atoms with Crippen molar-refractivity contribution in [1.29, 1.82) is 0 Å². The summed E-state index contributed by atoms with van der Waals surface area (Å²) in [5, 5.41) is 6.56. The molecule has 2 saturated heterocycles. The van der Waals surface area contributed by atoms with Gasteiger partial charge in [0, 0.05) is 38.3 Å². The van der Waals surface area contributed by atoms with Crippen LogP contribution in [0.3, 0.4) is 0 Å². The number of ether oxygens (including phenoxy) is 1. The molecule has 0 spiro atoms. The van der Waals surface area contributed by atoms with Crippen LogP contribution >= 0.6 is 0 Å². The van der Waals surface area contributed by atoms with E-state index in [4.69, 9.17) is 4.74 Å². The maximum atomic E-state index is 12.8. The van der Waals surface area contributed by atoms with Gasteiger partial charge < -0.3 is 25.2 Å². The summed E-state index contributed by atoms with van der Waals surface area (Å²) in [7, 11) is 1.68. The smallest absolute Gasteiger partial charge is 0.237 e. The number of carbonyl (C=O) groups excluding carboxylic acids is 2. The molecule has 152 valence electrons. The first-order chi connectivity index (χ1) is 13.7. The Bertz CT molecular complexity index is 717. The number of nitrogens with one attached hydrogen (secondary N) is 2. The van der Waals surface area contributed by atoms with E-state index in [9.17, 15) is 9.59 Å². The number of para-hydroxylation sites is 2. The number of benzene rings is 1. The molecule has 7 heteroatoms. The lowest BCUT2D eigenvalue weighted by molar-refractivity contribution is -0.136. The molecule has 0 unspecified atom stereocenters. The number of fused-ring (bicyclic) bond motifs is 1. The van der Waals surface area contributed by atoms with Crippen LogP contribution in [0.1, 0.15) is 32.1 Å². The van der Waals surface area contributed by atoms with Gasteiger partial charge in [-0.2, -0.15) is 0 Å². The average Bonchev–Trinajstić information content (AvgIpc) is 2.74. The van der Waals surface area contributed by atoms with Crippen molar-refractivity contribution in [3.05, 3.63) is 24.3 Å². The molecule has 3 fully saturated rings. The van der Waals surface area contributed by atoms with Gasteiger partial charge in [-0.3, -0.25) is 9.59 Å². The number of methoxy groups -OCH3 is 1. The fraction of sp³-hybridized carbons (Fsp3) is 0.619. The van der Waals surface area contributed by atoms with Gasteiger partial charge in [-0.25, -0.2) is 0 Å². The van der Waals surface area contributed by atoms with Crippen LogP contribution in [0, 0.1) is 0 Å². The maximum absolute atomic E-state index is 12.8. The van der Waals surface area contributed by atoms with Crippen LogP contribution in [0.5, 0.6) is 5.75 Å². The molecule has 1 aromatic rings. The summed E-state index contributed by atoms with van der Waals surface area (Å²) in [6.45, 7) is 2.86. The van der Waals surface area contributed by atoms with E-state index in [2.05, 4.69) is 15.5 Å². The predicted molar refractivity (Wildman–Crippen MR) is 108 cm³/mol. The van der Waals surface area contributed by atoms with E-state index in [1.807, 2.05) is 29.2 Å². The number of rotatable bonds is 4. The van der Waals surface area contributed by atoms with Gasteiger partial charge in [-0.1, -0.05) is 25.0 Å². The third kappa shape index (κ3) is 3.94. The van der Waals surface area contributed by atoms with Gasteiger partial charge in [0.1, 0.15) is 5.75 Å². The van der Waals surface area contributed by atoms with E-state index in [1.54, 1.807) is 7.11 Å². The van der Waals surface area contributed by atoms with Crippen molar-refractivity contribution in [1.82, 2.24) is 15.5 Å². The molecule has 0 bridgehead atoms. The molecule has 2 heterocycles. The minimum Gasteiger partial charge on any atom is -0.495 e. The molecular formula is C21H30N4O3. The van der Waals surface area contributed by atoms with E-state index in [1.165, 1.54) is 12.8 Å². The summed E-state index contributed by atoms with van der Waals surface area (Å²) >= 11 is 0. The van der Waals surface area contributed by atoms with Crippen LogP contribution in [0.4, 0.5) is 5.69 Å². The molecule has 28 heavy (non-hydrogen) atoms. The van der Waals surface area contributed by atoms with Gasteiger partial charge >= 0.3 is 0 Å². The van der Waals surface area contributed by atoms with Crippen LogP contribution in [0.15, 0.2) is 24.3 Å². The second-order valence-electron chi connectivity index (χ2n) is 7.97. The Kier molecular flexibility index (Phi) is 5.71. The number of hydrogen-bond acceptors (Lipinski definition) is 5. The fourth-order valence-corrected chi connectivity index (χ4v) is 4.66. The topological polar surface area (TPSA) is 73.9 Å². The Morgan fingerprint density at radius 1 is 1.11 bits per heavy atom. The summed E-state index contributed by atoms with van der Waals surface area (Å²) in [4.78, 5) is 29.3. The monoisotopic (exact) mass is 386 g/mol. The molecule has 0 radical (unpaired) electrons. The average molecular weight is 386 g/mol. The van der Waals surface area contributed by atoms with E-state index < -0.39 is 6.04 Å². The Labute approximate surface area is 166 Å². The summed E-state index contributed by atoms with van der Waals surface area (Å²) < 4.78 is 5.45. The molecular weight excluding hydrogens is 356 g/mol. The lowest BCUT2D eigenvalue weighted by Gasteiger charge is -2.41. The lowest BCUT2D eigenvalue weighted by Crippen LogP contribution is -2.65. The van der Waals surface area contributed by atoms with E-state index in [-0.39, 0.29) is 24.3 Å². The molecule has 1 saturated carbocycles. The number of anilines is 1. The number of piperazine rings is 2. The standard InChI is InChI=1S/C21H30N4O3/c1-28-19-9-5-4-8-18(19)24-10-12-25(13-11-24)20(26)14-17-21(27)23-16-7-3-2-6-15(16)22-17/h4-5,8-9,15-17,22H,2-3,6-7,10-14H2,1H3,(H,23,27)/t15-,16+,17-/m0/s1. The van der Waals surface area contributed by atoms with Crippen LogP contribution in [0.25, 0.3) is 0 Å². The summed E-state index contributed by atoms with van der Waals surface area (Å²) in [5.41, 5.74) is 1.06. The lowest BCUT2D eigenvalue weighted by atomic mass is 9.87. The Morgan fingerprint density at radius 2 is 1.82 bits per heavy atom. The largest absolute Gasteiger partial charge is 0.495 e. The van der Waals surface area contributed by atoms with Crippen molar-refractivity contribution >= 4 is 17.5 Å². The second kappa shape index (κ2) is 8.39. The predicted octanol–water partition coefficient (Wildman–Crippen LogP) is 1.13. The number of amides is 2. The van der Waals surface area contributed by atoms with Gasteiger partial charge in [-0.15, -0.1) is 0 Å². The normalized spacial score (nSPS) is 27.8. The Balaban J connectivity index is 1.31. The second-order valence-corrected chi connectivity index (χ2v) is 7.97. The van der Waals surface area contributed by atoms with Crippen LogP contribution in [-0.2, 0) is 9.59 Å². The first-order valence-corrected chi connectivity index (χ1v) is 10.4. The first kappa shape index (κ1) is 19.1.